The number of carbonyl (C=O) groups excluding carboxylic acids is 4. The number of benzene rings is 3. The van der Waals surface area contributed by atoms with Gasteiger partial charge < -0.3 is 14.2 Å². The number of carbonyl (C=O) groups is 4. The van der Waals surface area contributed by atoms with Crippen LogP contribution in [0.4, 0.5) is 5.69 Å². The molecular weight excluding hydrogens is 474 g/mol. The van der Waals surface area contributed by atoms with Gasteiger partial charge in [-0.25, -0.2) is 4.90 Å². The second-order valence-corrected chi connectivity index (χ2v) is 9.44. The molecular formula is C29H23NO7. The van der Waals surface area contributed by atoms with Gasteiger partial charge in [0, 0.05) is 17.2 Å². The van der Waals surface area contributed by atoms with Gasteiger partial charge in [-0.15, -0.1) is 0 Å². The van der Waals surface area contributed by atoms with Crippen molar-refractivity contribution in [2.45, 2.75) is 18.6 Å². The maximum absolute atomic E-state index is 14.1. The van der Waals surface area contributed by atoms with Gasteiger partial charge in [-0.05, 0) is 24.6 Å². The lowest BCUT2D eigenvalue weighted by Gasteiger charge is -2.27. The minimum atomic E-state index is -2.13. The summed E-state index contributed by atoms with van der Waals surface area (Å²) >= 11 is 0. The number of Topliss-reactive ketones (excluding diaryl/α,β-unsaturated/α-hetero) is 2. The molecule has 3 atom stereocenters. The number of nitrogens with zero attached hydrogens (tertiary/aromatic N) is 1. The fraction of sp³-hybridized carbons (Fsp3) is 0.241. The van der Waals surface area contributed by atoms with Crippen molar-refractivity contribution >= 4 is 29.1 Å². The lowest BCUT2D eigenvalue weighted by atomic mass is 9.77. The van der Waals surface area contributed by atoms with Crippen LogP contribution in [0.1, 0.15) is 37.9 Å². The van der Waals surface area contributed by atoms with Gasteiger partial charge in [0.1, 0.15) is 11.5 Å². The van der Waals surface area contributed by atoms with Crippen molar-refractivity contribution in [3.05, 3.63) is 89.0 Å². The van der Waals surface area contributed by atoms with E-state index in [1.165, 1.54) is 20.3 Å². The highest BCUT2D eigenvalue weighted by atomic mass is 16.5. The van der Waals surface area contributed by atoms with Gasteiger partial charge in [-0.2, -0.15) is 0 Å². The average molecular weight is 498 g/mol. The summed E-state index contributed by atoms with van der Waals surface area (Å²) in [5.41, 5.74) is 0.0263. The summed E-state index contributed by atoms with van der Waals surface area (Å²) in [4.78, 5) is 56.9. The molecule has 186 valence electrons. The van der Waals surface area contributed by atoms with Gasteiger partial charge in [-0.3, -0.25) is 19.2 Å². The van der Waals surface area contributed by atoms with Crippen molar-refractivity contribution in [2.75, 3.05) is 19.1 Å². The molecule has 3 aromatic rings. The summed E-state index contributed by atoms with van der Waals surface area (Å²) in [6.45, 7) is 1.92. The normalized spacial score (nSPS) is 23.5. The number of imide groups is 1. The molecule has 1 spiro atoms. The zero-order chi connectivity index (χ0) is 26.1. The molecule has 8 nitrogen and oxygen atoms in total. The molecule has 0 radical (unpaired) electrons. The lowest BCUT2D eigenvalue weighted by molar-refractivity contribution is -0.127. The fourth-order valence-corrected chi connectivity index (χ4v) is 5.78. The zero-order valence-electron chi connectivity index (χ0n) is 20.4. The van der Waals surface area contributed by atoms with Gasteiger partial charge in [0.25, 0.3) is 0 Å². The molecule has 0 N–H and O–H groups in total. The molecule has 0 bridgehead atoms. The first kappa shape index (κ1) is 23.1. The third kappa shape index (κ3) is 2.99. The number of anilines is 1. The van der Waals surface area contributed by atoms with Crippen LogP contribution in [0.15, 0.2) is 66.7 Å². The molecule has 2 saturated heterocycles. The van der Waals surface area contributed by atoms with Crippen LogP contribution < -0.4 is 14.4 Å². The molecule has 2 aliphatic heterocycles. The van der Waals surface area contributed by atoms with E-state index >= 15 is 0 Å². The highest BCUT2D eigenvalue weighted by molar-refractivity contribution is 6.37. The van der Waals surface area contributed by atoms with Gasteiger partial charge in [0.2, 0.25) is 29.0 Å². The first-order chi connectivity index (χ1) is 17.8. The average Bonchev–Trinajstić information content (AvgIpc) is 3.48. The Hall–Kier alpha value is -4.30. The van der Waals surface area contributed by atoms with E-state index in [4.69, 9.17) is 14.2 Å². The molecule has 8 heteroatoms. The SMILES string of the molecule is COc1ccc(OC)c(N2C(=O)[C@@H]3[C@@H](c4ccc(C)cc4)OC4(C(=O)c5ccccc5C4=O)[C@H]3C2=O)c1. The third-order valence-electron chi connectivity index (χ3n) is 7.55. The summed E-state index contributed by atoms with van der Waals surface area (Å²) in [7, 11) is 2.90. The van der Waals surface area contributed by atoms with E-state index in [-0.39, 0.29) is 22.6 Å². The minimum absolute atomic E-state index is 0.180. The second-order valence-electron chi connectivity index (χ2n) is 9.44. The fourth-order valence-electron chi connectivity index (χ4n) is 5.78. The van der Waals surface area contributed by atoms with Crippen molar-refractivity contribution < 1.29 is 33.4 Å². The van der Waals surface area contributed by atoms with Crippen molar-refractivity contribution in [2.24, 2.45) is 11.8 Å². The van der Waals surface area contributed by atoms with E-state index in [0.717, 1.165) is 10.5 Å². The Balaban J connectivity index is 1.55. The topological polar surface area (TPSA) is 99.2 Å². The van der Waals surface area contributed by atoms with Crippen LogP contribution in [0.5, 0.6) is 11.5 Å². The highest BCUT2D eigenvalue weighted by Crippen LogP contribution is 2.58. The Morgan fingerprint density at radius 2 is 1.46 bits per heavy atom. The number of ether oxygens (including phenoxy) is 3. The molecule has 1 aliphatic carbocycles. The van der Waals surface area contributed by atoms with E-state index in [2.05, 4.69) is 0 Å². The monoisotopic (exact) mass is 497 g/mol. The molecule has 2 amide bonds. The summed E-state index contributed by atoms with van der Waals surface area (Å²) in [5, 5.41) is 0. The number of fused-ring (bicyclic) bond motifs is 3. The second kappa shape index (κ2) is 8.11. The number of hydrogen-bond donors (Lipinski definition) is 0. The molecule has 2 fully saturated rings. The minimum Gasteiger partial charge on any atom is -0.497 e. The molecule has 2 heterocycles. The zero-order valence-corrected chi connectivity index (χ0v) is 20.4. The third-order valence-corrected chi connectivity index (χ3v) is 7.55. The van der Waals surface area contributed by atoms with Gasteiger partial charge in [0.05, 0.1) is 37.8 Å². The largest absolute Gasteiger partial charge is 0.497 e. The molecule has 3 aliphatic rings. The Morgan fingerprint density at radius 1 is 0.811 bits per heavy atom. The van der Waals surface area contributed by atoms with E-state index < -0.39 is 46.9 Å². The first-order valence-corrected chi connectivity index (χ1v) is 11.9. The maximum atomic E-state index is 14.1. The standard InChI is InChI=1S/C29H23NO7/c1-15-8-10-16(11-9-15)24-22-23(29(37-24)25(31)18-6-4-5-7-19(18)26(29)32)28(34)30(27(22)33)20-14-17(35-2)12-13-21(20)36-3/h4-14,22-24H,1-3H3/t22-,23+,24+/m0/s1. The van der Waals surface area contributed by atoms with Crippen molar-refractivity contribution in [1.29, 1.82) is 0 Å². The summed E-state index contributed by atoms with van der Waals surface area (Å²) in [6.07, 6.45) is -0.981. The quantitative estimate of drug-likeness (QED) is 0.400. The van der Waals surface area contributed by atoms with Crippen molar-refractivity contribution in [1.82, 2.24) is 0 Å². The van der Waals surface area contributed by atoms with E-state index in [1.54, 1.807) is 48.5 Å². The number of aryl methyl sites for hydroxylation is 1. The van der Waals surface area contributed by atoms with Crippen LogP contribution >= 0.6 is 0 Å². The number of rotatable bonds is 4. The van der Waals surface area contributed by atoms with E-state index in [0.29, 0.717) is 11.3 Å². The maximum Gasteiger partial charge on any atom is 0.241 e. The van der Waals surface area contributed by atoms with Crippen molar-refractivity contribution in [3.8, 4) is 11.5 Å². The Morgan fingerprint density at radius 3 is 2.05 bits per heavy atom. The van der Waals surface area contributed by atoms with Crippen LogP contribution in [0.2, 0.25) is 0 Å². The van der Waals surface area contributed by atoms with E-state index in [9.17, 15) is 19.2 Å². The van der Waals surface area contributed by atoms with Crippen molar-refractivity contribution in [3.63, 3.8) is 0 Å². The first-order valence-electron chi connectivity index (χ1n) is 11.9. The Labute approximate surface area is 212 Å². The molecule has 0 aromatic heterocycles. The molecule has 37 heavy (non-hydrogen) atoms. The number of methoxy groups -OCH3 is 2. The van der Waals surface area contributed by atoms with Crippen LogP contribution in [0.3, 0.4) is 0 Å². The predicted molar refractivity (Wildman–Crippen MR) is 132 cm³/mol. The summed E-state index contributed by atoms with van der Waals surface area (Å²) < 4.78 is 17.1. The van der Waals surface area contributed by atoms with Gasteiger partial charge in [0.15, 0.2) is 0 Å². The van der Waals surface area contributed by atoms with Crippen LogP contribution in [0.25, 0.3) is 0 Å². The molecule has 3 aromatic carbocycles. The molecule has 0 unspecified atom stereocenters. The molecule has 0 saturated carbocycles. The summed E-state index contributed by atoms with van der Waals surface area (Å²) in [6, 6.07) is 18.5. The highest BCUT2D eigenvalue weighted by Gasteiger charge is 2.74. The van der Waals surface area contributed by atoms with Crippen LogP contribution in [0, 0.1) is 18.8 Å². The Kier molecular flexibility index (Phi) is 5.07. The van der Waals surface area contributed by atoms with Crippen LogP contribution in [-0.2, 0) is 14.3 Å². The molecule has 6 rings (SSSR count). The number of amides is 2. The van der Waals surface area contributed by atoms with Gasteiger partial charge in [-0.1, -0.05) is 54.1 Å². The van der Waals surface area contributed by atoms with E-state index in [1.807, 2.05) is 19.1 Å². The summed E-state index contributed by atoms with van der Waals surface area (Å²) in [5.74, 6) is -4.20. The number of hydrogen-bond acceptors (Lipinski definition) is 7. The lowest BCUT2D eigenvalue weighted by Crippen LogP contribution is -2.51. The predicted octanol–water partition coefficient (Wildman–Crippen LogP) is 3.71. The number of ketones is 2. The van der Waals surface area contributed by atoms with Crippen LogP contribution in [-0.4, -0.2) is 43.2 Å². The smallest absolute Gasteiger partial charge is 0.241 e. The Bertz CT molecular complexity index is 1460. The van der Waals surface area contributed by atoms with Gasteiger partial charge >= 0.3 is 0 Å².